The molecule has 2 aromatic rings. The normalized spacial score (nSPS) is 14.9. The zero-order valence-electron chi connectivity index (χ0n) is 15.8. The summed E-state index contributed by atoms with van der Waals surface area (Å²) in [5, 5.41) is 4.79. The molecule has 0 aromatic heterocycles. The molecule has 2 aromatic carbocycles. The van der Waals surface area contributed by atoms with Crippen LogP contribution in [0.5, 0.6) is 5.75 Å². The molecule has 0 aliphatic carbocycles. The van der Waals surface area contributed by atoms with Crippen molar-refractivity contribution in [3.05, 3.63) is 57.6 Å². The number of nitrogens with one attached hydrogen (secondary N) is 1. The standard InChI is InChI=1S/C20H21Cl2F2N3OS/c1-13-2-5-17(18(10-13)28-19(23)24)25-20(29)27-8-6-26(7-9-27)12-14-3-4-15(21)11-16(14)22/h2-5,10-11,19H,6-9,12H2,1H3,(H,25,29). The van der Waals surface area contributed by atoms with Crippen LogP contribution in [0.3, 0.4) is 0 Å². The van der Waals surface area contributed by atoms with Gasteiger partial charge in [0, 0.05) is 42.8 Å². The molecule has 4 nitrogen and oxygen atoms in total. The number of nitrogens with zero attached hydrogens (tertiary/aromatic N) is 2. The maximum atomic E-state index is 12.7. The molecular formula is C20H21Cl2F2N3OS. The Morgan fingerprint density at radius 2 is 1.86 bits per heavy atom. The zero-order chi connectivity index (χ0) is 21.0. The summed E-state index contributed by atoms with van der Waals surface area (Å²) in [5.41, 5.74) is 2.28. The molecule has 1 aliphatic heterocycles. The first-order valence-electron chi connectivity index (χ1n) is 9.09. The molecule has 0 atom stereocenters. The highest BCUT2D eigenvalue weighted by atomic mass is 35.5. The molecule has 0 amide bonds. The third-order valence-electron chi connectivity index (χ3n) is 4.66. The Labute approximate surface area is 184 Å². The van der Waals surface area contributed by atoms with E-state index in [1.54, 1.807) is 18.2 Å². The molecule has 3 rings (SSSR count). The van der Waals surface area contributed by atoms with Crippen LogP contribution in [-0.2, 0) is 6.54 Å². The number of hydrogen-bond donors (Lipinski definition) is 1. The van der Waals surface area contributed by atoms with Crippen molar-refractivity contribution in [2.24, 2.45) is 0 Å². The second kappa shape index (κ2) is 9.89. The molecule has 29 heavy (non-hydrogen) atoms. The van der Waals surface area contributed by atoms with Gasteiger partial charge in [0.1, 0.15) is 5.75 Å². The summed E-state index contributed by atoms with van der Waals surface area (Å²) in [7, 11) is 0. The summed E-state index contributed by atoms with van der Waals surface area (Å²) in [6, 6.07) is 10.6. The van der Waals surface area contributed by atoms with Crippen molar-refractivity contribution in [1.29, 1.82) is 0 Å². The predicted octanol–water partition coefficient (Wildman–Crippen LogP) is 5.42. The second-order valence-electron chi connectivity index (χ2n) is 6.81. The molecule has 1 fully saturated rings. The predicted molar refractivity (Wildman–Crippen MR) is 117 cm³/mol. The van der Waals surface area contributed by atoms with Crippen molar-refractivity contribution in [2.75, 3.05) is 31.5 Å². The molecule has 1 heterocycles. The van der Waals surface area contributed by atoms with E-state index in [-0.39, 0.29) is 5.75 Å². The van der Waals surface area contributed by atoms with E-state index in [1.807, 2.05) is 30.0 Å². The molecule has 1 aliphatic rings. The van der Waals surface area contributed by atoms with Crippen LogP contribution in [0.4, 0.5) is 14.5 Å². The highest BCUT2D eigenvalue weighted by molar-refractivity contribution is 7.80. The number of benzene rings is 2. The first-order chi connectivity index (χ1) is 13.8. The minimum atomic E-state index is -2.89. The fourth-order valence-electron chi connectivity index (χ4n) is 3.12. The Kier molecular flexibility index (Phi) is 7.51. The Balaban J connectivity index is 1.56. The van der Waals surface area contributed by atoms with Crippen molar-refractivity contribution < 1.29 is 13.5 Å². The lowest BCUT2D eigenvalue weighted by molar-refractivity contribution is -0.0493. The summed E-state index contributed by atoms with van der Waals surface area (Å²) >= 11 is 17.7. The fraction of sp³-hybridized carbons (Fsp3) is 0.350. The van der Waals surface area contributed by atoms with Gasteiger partial charge in [0.05, 0.1) is 5.69 Å². The Morgan fingerprint density at radius 3 is 2.52 bits per heavy atom. The lowest BCUT2D eigenvalue weighted by Crippen LogP contribution is -2.49. The van der Waals surface area contributed by atoms with Gasteiger partial charge in [-0.1, -0.05) is 35.3 Å². The summed E-state index contributed by atoms with van der Waals surface area (Å²) in [4.78, 5) is 4.30. The van der Waals surface area contributed by atoms with Crippen molar-refractivity contribution in [3.63, 3.8) is 0 Å². The van der Waals surface area contributed by atoms with Gasteiger partial charge in [-0.2, -0.15) is 8.78 Å². The van der Waals surface area contributed by atoms with E-state index >= 15 is 0 Å². The minimum Gasteiger partial charge on any atom is -0.433 e. The van der Waals surface area contributed by atoms with Gasteiger partial charge in [0.15, 0.2) is 5.11 Å². The van der Waals surface area contributed by atoms with Crippen molar-refractivity contribution in [2.45, 2.75) is 20.1 Å². The van der Waals surface area contributed by atoms with Gasteiger partial charge in [-0.05, 0) is 54.5 Å². The summed E-state index contributed by atoms with van der Waals surface area (Å²) < 4.78 is 30.0. The minimum absolute atomic E-state index is 0.0818. The van der Waals surface area contributed by atoms with E-state index < -0.39 is 6.61 Å². The molecule has 0 spiro atoms. The number of hydrogen-bond acceptors (Lipinski definition) is 3. The van der Waals surface area contributed by atoms with Gasteiger partial charge in [-0.25, -0.2) is 0 Å². The van der Waals surface area contributed by atoms with Gasteiger partial charge < -0.3 is 15.0 Å². The molecule has 1 saturated heterocycles. The van der Waals surface area contributed by atoms with Crippen molar-refractivity contribution >= 4 is 46.2 Å². The Bertz CT molecular complexity index is 877. The third-order valence-corrected chi connectivity index (χ3v) is 5.61. The number of alkyl halides is 2. The molecule has 0 radical (unpaired) electrons. The summed E-state index contributed by atoms with van der Waals surface area (Å²) in [6.45, 7) is 2.68. The number of halogens is 4. The van der Waals surface area contributed by atoms with Crippen LogP contribution in [0, 0.1) is 6.92 Å². The number of anilines is 1. The highest BCUT2D eigenvalue weighted by Gasteiger charge is 2.21. The Morgan fingerprint density at radius 1 is 1.14 bits per heavy atom. The van der Waals surface area contributed by atoms with E-state index in [1.165, 1.54) is 0 Å². The molecule has 1 N–H and O–H groups in total. The number of rotatable bonds is 5. The van der Waals surface area contributed by atoms with E-state index in [2.05, 4.69) is 15.0 Å². The van der Waals surface area contributed by atoms with E-state index in [0.717, 1.165) is 30.8 Å². The van der Waals surface area contributed by atoms with Crippen LogP contribution >= 0.6 is 35.4 Å². The molecule has 0 bridgehead atoms. The average Bonchev–Trinajstić information content (AvgIpc) is 2.66. The van der Waals surface area contributed by atoms with E-state index in [0.29, 0.717) is 33.9 Å². The lowest BCUT2D eigenvalue weighted by atomic mass is 10.2. The van der Waals surface area contributed by atoms with Crippen LogP contribution in [0.15, 0.2) is 36.4 Å². The number of piperazine rings is 1. The lowest BCUT2D eigenvalue weighted by Gasteiger charge is -2.36. The van der Waals surface area contributed by atoms with Crippen molar-refractivity contribution in [3.8, 4) is 5.75 Å². The van der Waals surface area contributed by atoms with Gasteiger partial charge in [-0.3, -0.25) is 4.90 Å². The number of aryl methyl sites for hydroxylation is 1. The van der Waals surface area contributed by atoms with Crippen molar-refractivity contribution in [1.82, 2.24) is 9.80 Å². The van der Waals surface area contributed by atoms with E-state index in [4.69, 9.17) is 35.4 Å². The van der Waals surface area contributed by atoms with Crippen LogP contribution in [0.1, 0.15) is 11.1 Å². The molecule has 156 valence electrons. The maximum absolute atomic E-state index is 12.7. The largest absolute Gasteiger partial charge is 0.433 e. The molecule has 0 unspecified atom stereocenters. The van der Waals surface area contributed by atoms with E-state index in [9.17, 15) is 8.78 Å². The molecule has 0 saturated carbocycles. The zero-order valence-corrected chi connectivity index (χ0v) is 18.1. The number of ether oxygens (including phenoxy) is 1. The van der Waals surface area contributed by atoms with Crippen LogP contribution < -0.4 is 10.1 Å². The van der Waals surface area contributed by atoms with Crippen LogP contribution in [0.2, 0.25) is 10.0 Å². The number of thiocarbonyl (C=S) groups is 1. The third kappa shape index (κ3) is 6.15. The first kappa shape index (κ1) is 22.0. The van der Waals surface area contributed by atoms with Crippen LogP contribution in [0.25, 0.3) is 0 Å². The topological polar surface area (TPSA) is 27.7 Å². The maximum Gasteiger partial charge on any atom is 0.387 e. The smallest absolute Gasteiger partial charge is 0.387 e. The Hall–Kier alpha value is -1.67. The van der Waals surface area contributed by atoms with Gasteiger partial charge in [-0.15, -0.1) is 0 Å². The molecule has 9 heteroatoms. The van der Waals surface area contributed by atoms with Crippen LogP contribution in [-0.4, -0.2) is 47.7 Å². The SMILES string of the molecule is Cc1ccc(NC(=S)N2CCN(Cc3ccc(Cl)cc3Cl)CC2)c(OC(F)F)c1. The monoisotopic (exact) mass is 459 g/mol. The average molecular weight is 460 g/mol. The van der Waals surface area contributed by atoms with Gasteiger partial charge >= 0.3 is 6.61 Å². The fourth-order valence-corrected chi connectivity index (χ4v) is 3.88. The quantitative estimate of drug-likeness (QED) is 0.602. The first-order valence-corrected chi connectivity index (χ1v) is 10.3. The van der Waals surface area contributed by atoms with Gasteiger partial charge in [0.25, 0.3) is 0 Å². The molecular weight excluding hydrogens is 439 g/mol. The highest BCUT2D eigenvalue weighted by Crippen LogP contribution is 2.28. The second-order valence-corrected chi connectivity index (χ2v) is 8.04. The summed E-state index contributed by atoms with van der Waals surface area (Å²) in [5.74, 6) is 0.0818. The summed E-state index contributed by atoms with van der Waals surface area (Å²) in [6.07, 6.45) is 0. The van der Waals surface area contributed by atoms with Gasteiger partial charge in [0.2, 0.25) is 0 Å².